The zero-order valence-electron chi connectivity index (χ0n) is 10.7. The van der Waals surface area contributed by atoms with Crippen LogP contribution >= 0.6 is 0 Å². The van der Waals surface area contributed by atoms with E-state index < -0.39 is 0 Å². The highest BCUT2D eigenvalue weighted by molar-refractivity contribution is 5.56. The van der Waals surface area contributed by atoms with Gasteiger partial charge in [0, 0.05) is 25.3 Å². The zero-order valence-corrected chi connectivity index (χ0v) is 10.7. The molecule has 17 heavy (non-hydrogen) atoms. The van der Waals surface area contributed by atoms with Crippen molar-refractivity contribution < 1.29 is 0 Å². The molecule has 0 radical (unpaired) electrons. The third-order valence-corrected chi connectivity index (χ3v) is 4.32. The number of nitrogens with one attached hydrogen (secondary N) is 2. The summed E-state index contributed by atoms with van der Waals surface area (Å²) in [6.07, 6.45) is 5.39. The average molecular weight is 230 g/mol. The van der Waals surface area contributed by atoms with Crippen LogP contribution in [0.25, 0.3) is 0 Å². The highest BCUT2D eigenvalue weighted by Crippen LogP contribution is 2.39. The summed E-state index contributed by atoms with van der Waals surface area (Å²) in [5, 5.41) is 7.02. The van der Waals surface area contributed by atoms with Gasteiger partial charge in [0.15, 0.2) is 0 Å². The van der Waals surface area contributed by atoms with Crippen molar-refractivity contribution in [1.82, 2.24) is 5.32 Å². The third-order valence-electron chi connectivity index (χ3n) is 4.32. The molecular weight excluding hydrogens is 208 g/mol. The second-order valence-corrected chi connectivity index (χ2v) is 5.94. The van der Waals surface area contributed by atoms with Crippen LogP contribution in [-0.4, -0.2) is 13.1 Å². The standard InChI is InChI=1S/C15H22N2/c1-15(6-2-7-15)11-16-10-12-3-4-14-13(9-12)5-8-17-14/h3-4,9,16-17H,2,5-8,10-11H2,1H3. The van der Waals surface area contributed by atoms with Crippen molar-refractivity contribution in [3.05, 3.63) is 29.3 Å². The smallest absolute Gasteiger partial charge is 0.0373 e. The Labute approximate surface area is 104 Å². The summed E-state index contributed by atoms with van der Waals surface area (Å²) >= 11 is 0. The van der Waals surface area contributed by atoms with E-state index in [0.29, 0.717) is 5.41 Å². The summed E-state index contributed by atoms with van der Waals surface area (Å²) in [5.41, 5.74) is 4.83. The lowest BCUT2D eigenvalue weighted by molar-refractivity contribution is 0.156. The van der Waals surface area contributed by atoms with Crippen molar-refractivity contribution in [1.29, 1.82) is 0 Å². The Bertz CT molecular complexity index is 407. The first-order chi connectivity index (χ1) is 8.25. The van der Waals surface area contributed by atoms with E-state index in [1.165, 1.54) is 49.0 Å². The molecule has 2 aliphatic rings. The van der Waals surface area contributed by atoms with Gasteiger partial charge in [-0.2, -0.15) is 0 Å². The van der Waals surface area contributed by atoms with Crippen molar-refractivity contribution in [3.63, 3.8) is 0 Å². The number of rotatable bonds is 4. The van der Waals surface area contributed by atoms with Crippen LogP contribution < -0.4 is 10.6 Å². The van der Waals surface area contributed by atoms with Crippen molar-refractivity contribution in [2.75, 3.05) is 18.4 Å². The van der Waals surface area contributed by atoms with Crippen molar-refractivity contribution >= 4 is 5.69 Å². The van der Waals surface area contributed by atoms with Crippen LogP contribution in [0.3, 0.4) is 0 Å². The molecule has 2 heteroatoms. The molecule has 2 N–H and O–H groups in total. The molecule has 3 rings (SSSR count). The monoisotopic (exact) mass is 230 g/mol. The Morgan fingerprint density at radius 1 is 1.35 bits per heavy atom. The van der Waals surface area contributed by atoms with Crippen LogP contribution in [0.15, 0.2) is 18.2 Å². The summed E-state index contributed by atoms with van der Waals surface area (Å²) in [5.74, 6) is 0. The Morgan fingerprint density at radius 3 is 3.00 bits per heavy atom. The fraction of sp³-hybridized carbons (Fsp3) is 0.600. The van der Waals surface area contributed by atoms with Gasteiger partial charge in [0.2, 0.25) is 0 Å². The number of hydrogen-bond donors (Lipinski definition) is 2. The van der Waals surface area contributed by atoms with E-state index >= 15 is 0 Å². The van der Waals surface area contributed by atoms with Gasteiger partial charge in [-0.1, -0.05) is 25.5 Å². The fourth-order valence-corrected chi connectivity index (χ4v) is 2.93. The van der Waals surface area contributed by atoms with Crippen LogP contribution in [-0.2, 0) is 13.0 Å². The highest BCUT2D eigenvalue weighted by Gasteiger charge is 2.30. The molecule has 0 saturated heterocycles. The summed E-state index contributed by atoms with van der Waals surface area (Å²) < 4.78 is 0. The maximum Gasteiger partial charge on any atom is 0.0373 e. The first-order valence-electron chi connectivity index (χ1n) is 6.82. The van der Waals surface area contributed by atoms with Crippen LogP contribution in [0.4, 0.5) is 5.69 Å². The normalized spacial score (nSPS) is 20.5. The van der Waals surface area contributed by atoms with Gasteiger partial charge in [-0.25, -0.2) is 0 Å². The van der Waals surface area contributed by atoms with E-state index in [1.54, 1.807) is 0 Å². The van der Waals surface area contributed by atoms with Crippen LogP contribution in [0.1, 0.15) is 37.3 Å². The molecule has 0 aromatic heterocycles. The molecule has 1 aliphatic heterocycles. The second-order valence-electron chi connectivity index (χ2n) is 5.94. The topological polar surface area (TPSA) is 24.1 Å². The molecule has 0 unspecified atom stereocenters. The van der Waals surface area contributed by atoms with Crippen molar-refractivity contribution in [2.45, 2.75) is 39.2 Å². The molecule has 1 aliphatic carbocycles. The lowest BCUT2D eigenvalue weighted by Crippen LogP contribution is -2.36. The van der Waals surface area contributed by atoms with Gasteiger partial charge in [0.05, 0.1) is 0 Å². The maximum atomic E-state index is 3.61. The Morgan fingerprint density at radius 2 is 2.24 bits per heavy atom. The van der Waals surface area contributed by atoms with Crippen LogP contribution in [0, 0.1) is 5.41 Å². The van der Waals surface area contributed by atoms with E-state index in [4.69, 9.17) is 0 Å². The van der Waals surface area contributed by atoms with Gasteiger partial charge in [-0.15, -0.1) is 0 Å². The molecule has 1 saturated carbocycles. The number of benzene rings is 1. The third kappa shape index (κ3) is 2.32. The maximum absolute atomic E-state index is 3.61. The van der Waals surface area contributed by atoms with E-state index in [1.807, 2.05) is 0 Å². The molecule has 1 aromatic rings. The molecule has 1 aromatic carbocycles. The number of fused-ring (bicyclic) bond motifs is 1. The molecular formula is C15H22N2. The number of hydrogen-bond acceptors (Lipinski definition) is 2. The predicted octanol–water partition coefficient (Wildman–Crippen LogP) is 2.93. The second kappa shape index (κ2) is 4.34. The van der Waals surface area contributed by atoms with Crippen molar-refractivity contribution in [2.24, 2.45) is 5.41 Å². The minimum absolute atomic E-state index is 0.582. The minimum Gasteiger partial charge on any atom is -0.384 e. The molecule has 0 amide bonds. The SMILES string of the molecule is CC1(CNCc2ccc3c(c2)CCN3)CCC1. The largest absolute Gasteiger partial charge is 0.384 e. The molecule has 0 atom stereocenters. The molecule has 2 nitrogen and oxygen atoms in total. The van der Waals surface area contributed by atoms with Crippen molar-refractivity contribution in [3.8, 4) is 0 Å². The molecule has 92 valence electrons. The lowest BCUT2D eigenvalue weighted by atomic mass is 9.70. The highest BCUT2D eigenvalue weighted by atomic mass is 14.9. The Hall–Kier alpha value is -1.02. The average Bonchev–Trinajstić information content (AvgIpc) is 2.74. The van der Waals surface area contributed by atoms with E-state index in [2.05, 4.69) is 35.8 Å². The first kappa shape index (κ1) is 11.1. The zero-order chi connectivity index (χ0) is 11.7. The van der Waals surface area contributed by atoms with Gasteiger partial charge < -0.3 is 10.6 Å². The minimum atomic E-state index is 0.582. The Balaban J connectivity index is 1.54. The molecule has 0 spiro atoms. The fourth-order valence-electron chi connectivity index (χ4n) is 2.93. The lowest BCUT2D eigenvalue weighted by Gasteiger charge is -2.38. The van der Waals surface area contributed by atoms with Crippen LogP contribution in [0.2, 0.25) is 0 Å². The predicted molar refractivity (Wildman–Crippen MR) is 72.3 cm³/mol. The molecule has 1 fully saturated rings. The Kier molecular flexibility index (Phi) is 2.83. The number of anilines is 1. The molecule has 1 heterocycles. The van der Waals surface area contributed by atoms with Gasteiger partial charge >= 0.3 is 0 Å². The van der Waals surface area contributed by atoms with Gasteiger partial charge in [-0.3, -0.25) is 0 Å². The van der Waals surface area contributed by atoms with Gasteiger partial charge in [0.1, 0.15) is 0 Å². The van der Waals surface area contributed by atoms with Crippen LogP contribution in [0.5, 0.6) is 0 Å². The first-order valence-corrected chi connectivity index (χ1v) is 6.82. The van der Waals surface area contributed by atoms with E-state index in [-0.39, 0.29) is 0 Å². The summed E-state index contributed by atoms with van der Waals surface area (Å²) in [6, 6.07) is 6.82. The summed E-state index contributed by atoms with van der Waals surface area (Å²) in [7, 11) is 0. The van der Waals surface area contributed by atoms with Gasteiger partial charge in [-0.05, 0) is 41.9 Å². The quantitative estimate of drug-likeness (QED) is 0.831. The molecule has 0 bridgehead atoms. The summed E-state index contributed by atoms with van der Waals surface area (Å²) in [6.45, 7) is 5.69. The van der Waals surface area contributed by atoms with E-state index in [0.717, 1.165) is 13.1 Å². The van der Waals surface area contributed by atoms with E-state index in [9.17, 15) is 0 Å². The summed E-state index contributed by atoms with van der Waals surface area (Å²) in [4.78, 5) is 0. The van der Waals surface area contributed by atoms with Gasteiger partial charge in [0.25, 0.3) is 0 Å².